The quantitative estimate of drug-likeness (QED) is 0.596. The molecule has 0 saturated heterocycles. The molecular weight excluding hydrogens is 252 g/mol. The first-order valence-corrected chi connectivity index (χ1v) is 5.60. The normalized spacial score (nSPS) is 13.6. The van der Waals surface area contributed by atoms with E-state index in [4.69, 9.17) is 9.84 Å². The van der Waals surface area contributed by atoms with Crippen LogP contribution in [-0.4, -0.2) is 35.2 Å². The molecule has 0 heterocycles. The molecule has 0 amide bonds. The van der Waals surface area contributed by atoms with Gasteiger partial charge in [0.05, 0.1) is 4.92 Å². The Balaban J connectivity index is 2.84. The molecule has 0 bridgehead atoms. The van der Waals surface area contributed by atoms with Gasteiger partial charge in [-0.3, -0.25) is 14.9 Å². The number of aliphatic carboxylic acids is 1. The van der Waals surface area contributed by atoms with Crippen molar-refractivity contribution < 1.29 is 19.6 Å². The molecule has 1 aromatic carbocycles. The van der Waals surface area contributed by atoms with Crippen molar-refractivity contribution in [3.63, 3.8) is 0 Å². The van der Waals surface area contributed by atoms with Crippen LogP contribution in [0.1, 0.15) is 12.5 Å². The van der Waals surface area contributed by atoms with Crippen molar-refractivity contribution >= 4 is 11.7 Å². The molecule has 0 saturated carbocycles. The lowest BCUT2D eigenvalue weighted by atomic mass is 10.1. The van der Waals surface area contributed by atoms with Crippen LogP contribution < -0.4 is 10.1 Å². The third-order valence-corrected chi connectivity index (χ3v) is 2.91. The van der Waals surface area contributed by atoms with Gasteiger partial charge in [-0.05, 0) is 32.5 Å². The Labute approximate surface area is 110 Å². The van der Waals surface area contributed by atoms with Crippen molar-refractivity contribution in [1.82, 2.24) is 5.32 Å². The number of hydrogen-bond acceptors (Lipinski definition) is 5. The van der Waals surface area contributed by atoms with Crippen LogP contribution in [0.4, 0.5) is 5.69 Å². The first-order chi connectivity index (χ1) is 8.80. The van der Waals surface area contributed by atoms with Gasteiger partial charge in [-0.25, -0.2) is 0 Å². The van der Waals surface area contributed by atoms with Crippen LogP contribution in [-0.2, 0) is 4.79 Å². The van der Waals surface area contributed by atoms with E-state index in [9.17, 15) is 14.9 Å². The molecule has 1 atom stereocenters. The van der Waals surface area contributed by atoms with E-state index >= 15 is 0 Å². The number of non-ortho nitro benzene ring substituents is 1. The van der Waals surface area contributed by atoms with Gasteiger partial charge >= 0.3 is 5.97 Å². The van der Waals surface area contributed by atoms with Gasteiger partial charge < -0.3 is 15.2 Å². The summed E-state index contributed by atoms with van der Waals surface area (Å²) in [6, 6.07) is 4.16. The van der Waals surface area contributed by atoms with Gasteiger partial charge in [0.15, 0.2) is 0 Å². The minimum Gasteiger partial charge on any atom is -0.491 e. The summed E-state index contributed by atoms with van der Waals surface area (Å²) in [6.45, 7) is 3.08. The number of ether oxygens (including phenoxy) is 1. The van der Waals surface area contributed by atoms with Gasteiger partial charge in [-0.15, -0.1) is 0 Å². The lowest BCUT2D eigenvalue weighted by molar-refractivity contribution is -0.384. The summed E-state index contributed by atoms with van der Waals surface area (Å²) < 4.78 is 5.42. The minimum absolute atomic E-state index is 0.0283. The van der Waals surface area contributed by atoms with Crippen LogP contribution in [0.25, 0.3) is 0 Å². The summed E-state index contributed by atoms with van der Waals surface area (Å²) >= 11 is 0. The van der Waals surface area contributed by atoms with Crippen LogP contribution >= 0.6 is 0 Å². The van der Waals surface area contributed by atoms with Gasteiger partial charge in [0, 0.05) is 12.1 Å². The molecule has 0 spiro atoms. The number of aryl methyl sites for hydroxylation is 1. The Bertz CT molecular complexity index is 503. The first kappa shape index (κ1) is 14.9. The molecule has 19 heavy (non-hydrogen) atoms. The Hall–Kier alpha value is -2.15. The van der Waals surface area contributed by atoms with Crippen LogP contribution in [0, 0.1) is 17.0 Å². The van der Waals surface area contributed by atoms with Crippen molar-refractivity contribution in [2.24, 2.45) is 0 Å². The molecule has 7 nitrogen and oxygen atoms in total. The van der Waals surface area contributed by atoms with Gasteiger partial charge in [0.2, 0.25) is 0 Å². The van der Waals surface area contributed by atoms with E-state index in [1.165, 1.54) is 32.2 Å². The van der Waals surface area contributed by atoms with Gasteiger partial charge in [0.25, 0.3) is 5.69 Å². The summed E-state index contributed by atoms with van der Waals surface area (Å²) in [5, 5.41) is 22.3. The summed E-state index contributed by atoms with van der Waals surface area (Å²) in [6.07, 6.45) is 0. The maximum absolute atomic E-state index is 11.1. The third-order valence-electron chi connectivity index (χ3n) is 2.91. The van der Waals surface area contributed by atoms with E-state index in [0.29, 0.717) is 11.3 Å². The standard InChI is InChI=1S/C12H16N2O5/c1-8-6-9(14(17)18)4-5-10(8)19-7-12(2,13-3)11(15)16/h4-6,13H,7H2,1-3H3,(H,15,16). The van der Waals surface area contributed by atoms with Crippen molar-refractivity contribution in [3.8, 4) is 5.75 Å². The maximum Gasteiger partial charge on any atom is 0.327 e. The molecular formula is C12H16N2O5. The number of nitro benzene ring substituents is 1. The highest BCUT2D eigenvalue weighted by Gasteiger charge is 2.32. The van der Waals surface area contributed by atoms with E-state index in [1.807, 2.05) is 0 Å². The van der Waals surface area contributed by atoms with Crippen molar-refractivity contribution in [2.45, 2.75) is 19.4 Å². The zero-order valence-corrected chi connectivity index (χ0v) is 11.0. The molecule has 0 fully saturated rings. The molecule has 7 heteroatoms. The highest BCUT2D eigenvalue weighted by Crippen LogP contribution is 2.24. The van der Waals surface area contributed by atoms with Crippen molar-refractivity contribution in [2.75, 3.05) is 13.7 Å². The molecule has 0 aliphatic rings. The SMILES string of the molecule is CNC(C)(COc1ccc([N+](=O)[O-])cc1C)C(=O)O. The number of benzene rings is 1. The molecule has 1 aromatic rings. The molecule has 1 rings (SSSR count). The molecule has 0 radical (unpaired) electrons. The highest BCUT2D eigenvalue weighted by molar-refractivity contribution is 5.78. The number of carboxylic acid groups (broad SMARTS) is 1. The molecule has 2 N–H and O–H groups in total. The summed E-state index contributed by atoms with van der Waals surface area (Å²) in [4.78, 5) is 21.2. The fourth-order valence-electron chi connectivity index (χ4n) is 1.37. The first-order valence-electron chi connectivity index (χ1n) is 5.60. The zero-order valence-electron chi connectivity index (χ0n) is 11.0. The van der Waals surface area contributed by atoms with E-state index in [-0.39, 0.29) is 12.3 Å². The number of hydrogen-bond donors (Lipinski definition) is 2. The second kappa shape index (κ2) is 5.66. The summed E-state index contributed by atoms with van der Waals surface area (Å²) in [7, 11) is 1.53. The summed E-state index contributed by atoms with van der Waals surface area (Å²) in [5.41, 5.74) is -0.661. The summed E-state index contributed by atoms with van der Waals surface area (Å²) in [5.74, 6) is -0.608. The number of likely N-dealkylation sites (N-methyl/N-ethyl adjacent to an activating group) is 1. The van der Waals surface area contributed by atoms with E-state index in [0.717, 1.165) is 0 Å². The van der Waals surface area contributed by atoms with Crippen molar-refractivity contribution in [1.29, 1.82) is 0 Å². The van der Waals surface area contributed by atoms with Gasteiger partial charge in [-0.1, -0.05) is 0 Å². The Morgan fingerprint density at radius 2 is 2.21 bits per heavy atom. The fraction of sp³-hybridized carbons (Fsp3) is 0.417. The van der Waals surface area contributed by atoms with Crippen LogP contribution in [0.15, 0.2) is 18.2 Å². The maximum atomic E-state index is 11.1. The van der Waals surface area contributed by atoms with E-state index in [1.54, 1.807) is 6.92 Å². The van der Waals surface area contributed by atoms with Crippen LogP contribution in [0.5, 0.6) is 5.75 Å². The number of nitro groups is 1. The Kier molecular flexibility index (Phi) is 4.44. The number of carboxylic acids is 1. The molecule has 1 unspecified atom stereocenters. The smallest absolute Gasteiger partial charge is 0.327 e. The lowest BCUT2D eigenvalue weighted by Gasteiger charge is -2.24. The Morgan fingerprint density at radius 1 is 1.58 bits per heavy atom. The average Bonchev–Trinajstić information content (AvgIpc) is 2.36. The highest BCUT2D eigenvalue weighted by atomic mass is 16.6. The van der Waals surface area contributed by atoms with Gasteiger partial charge in [0.1, 0.15) is 17.9 Å². The molecule has 0 aliphatic heterocycles. The van der Waals surface area contributed by atoms with Crippen LogP contribution in [0.3, 0.4) is 0 Å². The van der Waals surface area contributed by atoms with Gasteiger partial charge in [-0.2, -0.15) is 0 Å². The zero-order chi connectivity index (χ0) is 14.6. The number of rotatable bonds is 6. The third kappa shape index (κ3) is 3.41. The predicted octanol–water partition coefficient (Wildman–Crippen LogP) is 1.34. The van der Waals surface area contributed by atoms with E-state index < -0.39 is 16.4 Å². The molecule has 0 aliphatic carbocycles. The lowest BCUT2D eigenvalue weighted by Crippen LogP contribution is -2.52. The second-order valence-corrected chi connectivity index (χ2v) is 4.38. The number of carbonyl (C=O) groups is 1. The number of nitrogens with zero attached hydrogens (tertiary/aromatic N) is 1. The molecule has 0 aromatic heterocycles. The Morgan fingerprint density at radius 3 is 2.63 bits per heavy atom. The largest absolute Gasteiger partial charge is 0.491 e. The van der Waals surface area contributed by atoms with E-state index in [2.05, 4.69) is 5.32 Å². The average molecular weight is 268 g/mol. The predicted molar refractivity (Wildman–Crippen MR) is 68.4 cm³/mol. The topological polar surface area (TPSA) is 102 Å². The minimum atomic E-state index is -1.21. The second-order valence-electron chi connectivity index (χ2n) is 4.38. The fourth-order valence-corrected chi connectivity index (χ4v) is 1.37. The van der Waals surface area contributed by atoms with Crippen molar-refractivity contribution in [3.05, 3.63) is 33.9 Å². The monoisotopic (exact) mass is 268 g/mol. The number of nitrogens with one attached hydrogen (secondary N) is 1. The molecule has 104 valence electrons. The van der Waals surface area contributed by atoms with Crippen LogP contribution in [0.2, 0.25) is 0 Å².